The van der Waals surface area contributed by atoms with Gasteiger partial charge in [0.1, 0.15) is 5.60 Å². The molecule has 1 N–H and O–H groups in total. The molecule has 0 aliphatic heterocycles. The summed E-state index contributed by atoms with van der Waals surface area (Å²) < 4.78 is 11.0. The third kappa shape index (κ3) is 9.30. The van der Waals surface area contributed by atoms with Gasteiger partial charge in [-0.2, -0.15) is 0 Å². The summed E-state index contributed by atoms with van der Waals surface area (Å²) >= 11 is 0. The van der Waals surface area contributed by atoms with E-state index in [1.807, 2.05) is 27.7 Å². The van der Waals surface area contributed by atoms with Gasteiger partial charge in [-0.25, -0.2) is 9.59 Å². The maximum absolute atomic E-state index is 12.5. The summed E-state index contributed by atoms with van der Waals surface area (Å²) in [4.78, 5) is 26.6. The maximum atomic E-state index is 12.5. The maximum Gasteiger partial charge on any atom is 0.409 e. The Morgan fingerprint density at radius 2 is 1.64 bits per heavy atom. The van der Waals surface area contributed by atoms with Crippen LogP contribution in [0.25, 0.3) is 0 Å². The predicted molar refractivity (Wildman–Crippen MR) is 116 cm³/mol. The lowest BCUT2D eigenvalue weighted by Gasteiger charge is -2.42. The monoisotopic (exact) mass is 414 g/mol. The van der Waals surface area contributed by atoms with E-state index in [2.05, 4.69) is 25.0 Å². The highest BCUT2D eigenvalue weighted by atomic mass is 28.3. The molecule has 0 bridgehead atoms. The molecule has 0 spiro atoms. The van der Waals surface area contributed by atoms with Gasteiger partial charge in [0, 0.05) is 21.7 Å². The summed E-state index contributed by atoms with van der Waals surface area (Å²) in [5, 5.41) is 3.08. The second-order valence-corrected chi connectivity index (χ2v) is 16.3. The molecule has 1 saturated carbocycles. The molecule has 1 aliphatic carbocycles. The fraction of sp³-hybridized carbons (Fsp3) is 0.905. The summed E-state index contributed by atoms with van der Waals surface area (Å²) in [7, 11) is 0.498. The van der Waals surface area contributed by atoms with Gasteiger partial charge in [0.2, 0.25) is 0 Å². The van der Waals surface area contributed by atoms with Gasteiger partial charge in [-0.3, -0.25) is 0 Å². The van der Waals surface area contributed by atoms with Gasteiger partial charge >= 0.3 is 12.2 Å². The predicted octanol–water partition coefficient (Wildman–Crippen LogP) is 5.26. The zero-order valence-electron chi connectivity index (χ0n) is 19.3. The Bertz CT molecular complexity index is 521. The van der Waals surface area contributed by atoms with Crippen molar-refractivity contribution in [1.82, 2.24) is 10.2 Å². The van der Waals surface area contributed by atoms with Gasteiger partial charge in [0.15, 0.2) is 0 Å². The van der Waals surface area contributed by atoms with Crippen LogP contribution >= 0.6 is 0 Å². The van der Waals surface area contributed by atoms with E-state index < -0.39 is 25.3 Å². The van der Waals surface area contributed by atoms with Crippen molar-refractivity contribution in [3.8, 4) is 0 Å². The van der Waals surface area contributed by atoms with Gasteiger partial charge in [-0.15, -0.1) is 0 Å². The zero-order chi connectivity index (χ0) is 21.6. The average Bonchev–Trinajstić information content (AvgIpc) is 2.52. The van der Waals surface area contributed by atoms with E-state index in [1.165, 1.54) is 6.42 Å². The van der Waals surface area contributed by atoms with E-state index in [9.17, 15) is 9.59 Å². The number of amides is 2. The normalized spacial score (nSPS) is 18.1. The first kappa shape index (κ1) is 24.8. The van der Waals surface area contributed by atoms with E-state index in [0.29, 0.717) is 19.1 Å². The lowest BCUT2D eigenvalue weighted by Crippen LogP contribution is -2.59. The van der Waals surface area contributed by atoms with Crippen molar-refractivity contribution >= 4 is 20.3 Å². The van der Waals surface area contributed by atoms with Crippen molar-refractivity contribution in [1.29, 1.82) is 0 Å². The number of alkyl carbamates (subject to hydrolysis) is 1. The molecule has 28 heavy (non-hydrogen) atoms. The van der Waals surface area contributed by atoms with Crippen LogP contribution in [0.3, 0.4) is 0 Å². The Labute approximate surface area is 172 Å². The number of hydrogen-bond donors (Lipinski definition) is 1. The number of ether oxygens (including phenoxy) is 2. The first-order valence-corrected chi connectivity index (χ1v) is 14.3. The lowest BCUT2D eigenvalue weighted by atomic mass is 9.75. The molecule has 0 aromatic rings. The third-order valence-corrected chi connectivity index (χ3v) is 6.95. The van der Waals surface area contributed by atoms with Crippen molar-refractivity contribution < 1.29 is 19.1 Å². The molecule has 7 heteroatoms. The van der Waals surface area contributed by atoms with Crippen molar-refractivity contribution in [2.45, 2.75) is 96.6 Å². The molecule has 6 nitrogen and oxygen atoms in total. The first-order chi connectivity index (χ1) is 12.7. The fourth-order valence-electron chi connectivity index (χ4n) is 3.66. The highest BCUT2D eigenvalue weighted by Crippen LogP contribution is 2.33. The Morgan fingerprint density at radius 1 is 1.07 bits per heavy atom. The van der Waals surface area contributed by atoms with Crippen molar-refractivity contribution in [2.75, 3.05) is 20.2 Å². The summed E-state index contributed by atoms with van der Waals surface area (Å²) in [6, 6.07) is 0.947. The van der Waals surface area contributed by atoms with Crippen LogP contribution in [0.2, 0.25) is 25.7 Å². The summed E-state index contributed by atoms with van der Waals surface area (Å²) in [6.45, 7) is 15.2. The molecule has 0 unspecified atom stereocenters. The highest BCUT2D eigenvalue weighted by Gasteiger charge is 2.39. The Kier molecular flexibility index (Phi) is 8.84. The standard InChI is InChI=1S/C21H42N2O4Si/c1-20(2,3)27-18(24)22-21(4,17-12-10-9-11-13-17)16-23(5)19(25)26-14-15-28(6,7)8/h17H,9-16H2,1-8H3,(H,22,24)/t21-/m1/s1. The number of carbonyl (C=O) groups excluding carboxylic acids is 2. The van der Waals surface area contributed by atoms with Gasteiger partial charge < -0.3 is 19.7 Å². The van der Waals surface area contributed by atoms with Crippen LogP contribution in [0.5, 0.6) is 0 Å². The molecule has 1 aliphatic rings. The summed E-state index contributed by atoms with van der Waals surface area (Å²) in [6.07, 6.45) is 4.87. The number of nitrogens with one attached hydrogen (secondary N) is 1. The quantitative estimate of drug-likeness (QED) is 0.577. The minimum atomic E-state index is -1.25. The molecule has 0 radical (unpaired) electrons. The number of hydrogen-bond acceptors (Lipinski definition) is 4. The Hall–Kier alpha value is -1.24. The Balaban J connectivity index is 2.78. The van der Waals surface area contributed by atoms with E-state index >= 15 is 0 Å². The number of likely N-dealkylation sites (N-methyl/N-ethyl adjacent to an activating group) is 1. The highest BCUT2D eigenvalue weighted by molar-refractivity contribution is 6.76. The fourth-order valence-corrected chi connectivity index (χ4v) is 4.37. The van der Waals surface area contributed by atoms with Crippen molar-refractivity contribution in [3.05, 3.63) is 0 Å². The molecular weight excluding hydrogens is 372 g/mol. The first-order valence-electron chi connectivity index (χ1n) is 10.6. The minimum Gasteiger partial charge on any atom is -0.450 e. The molecular formula is C21H42N2O4Si. The molecule has 164 valence electrons. The third-order valence-electron chi connectivity index (χ3n) is 5.25. The topological polar surface area (TPSA) is 67.9 Å². The van der Waals surface area contributed by atoms with Crippen molar-refractivity contribution in [3.63, 3.8) is 0 Å². The van der Waals surface area contributed by atoms with Crippen LogP contribution < -0.4 is 5.32 Å². The SMILES string of the molecule is CN(C[C@@](C)(NC(=O)OC(C)(C)C)C1CCCCC1)C(=O)OCC[Si](C)(C)C. The Morgan fingerprint density at radius 3 is 2.14 bits per heavy atom. The lowest BCUT2D eigenvalue weighted by molar-refractivity contribution is 0.0338. The van der Waals surface area contributed by atoms with E-state index in [4.69, 9.17) is 9.47 Å². The zero-order valence-corrected chi connectivity index (χ0v) is 20.3. The molecule has 2 amide bonds. The molecule has 0 aromatic carbocycles. The van der Waals surface area contributed by atoms with E-state index in [-0.39, 0.29) is 6.09 Å². The molecule has 0 aromatic heterocycles. The van der Waals surface area contributed by atoms with Crippen molar-refractivity contribution in [2.24, 2.45) is 5.92 Å². The van der Waals surface area contributed by atoms with E-state index in [1.54, 1.807) is 11.9 Å². The van der Waals surface area contributed by atoms with Gasteiger partial charge in [-0.1, -0.05) is 38.9 Å². The van der Waals surface area contributed by atoms with Crippen LogP contribution in [-0.4, -0.2) is 56.5 Å². The van der Waals surface area contributed by atoms with E-state index in [0.717, 1.165) is 31.7 Å². The summed E-state index contributed by atoms with van der Waals surface area (Å²) in [5.41, 5.74) is -1.10. The second-order valence-electron chi connectivity index (χ2n) is 10.7. The van der Waals surface area contributed by atoms with Crippen LogP contribution in [0.15, 0.2) is 0 Å². The number of carbonyl (C=O) groups is 2. The van der Waals surface area contributed by atoms with Gasteiger partial charge in [-0.05, 0) is 52.5 Å². The second kappa shape index (κ2) is 9.99. The molecule has 1 rings (SSSR count). The number of rotatable bonds is 7. The molecule has 0 heterocycles. The smallest absolute Gasteiger partial charge is 0.409 e. The average molecular weight is 415 g/mol. The minimum absolute atomic E-state index is 0.311. The molecule has 0 saturated heterocycles. The molecule has 1 atom stereocenters. The largest absolute Gasteiger partial charge is 0.450 e. The van der Waals surface area contributed by atoms with Crippen LogP contribution in [0.4, 0.5) is 9.59 Å². The van der Waals surface area contributed by atoms with Crippen LogP contribution in [-0.2, 0) is 9.47 Å². The number of nitrogens with zero attached hydrogens (tertiary/aromatic N) is 1. The van der Waals surface area contributed by atoms with Crippen LogP contribution in [0, 0.1) is 5.92 Å². The molecule has 1 fully saturated rings. The summed E-state index contributed by atoms with van der Waals surface area (Å²) in [5.74, 6) is 0.311. The van der Waals surface area contributed by atoms with Gasteiger partial charge in [0.25, 0.3) is 0 Å². The van der Waals surface area contributed by atoms with Gasteiger partial charge in [0.05, 0.1) is 12.1 Å². The van der Waals surface area contributed by atoms with Crippen LogP contribution in [0.1, 0.15) is 59.8 Å².